The minimum Gasteiger partial charge on any atom is -0.281 e. The second kappa shape index (κ2) is 20.7. The molecule has 0 atom stereocenters. The SMILES string of the molecule is CCCCCCCCC=CCCCCCCCCCCCC(=O)Cl. The van der Waals surface area contributed by atoms with Gasteiger partial charge in [-0.2, -0.15) is 0 Å². The number of carbonyl (C=O) groups is 1. The summed E-state index contributed by atoms with van der Waals surface area (Å²) in [6, 6.07) is 0. The van der Waals surface area contributed by atoms with Crippen LogP contribution in [0.5, 0.6) is 0 Å². The Labute approximate surface area is 156 Å². The Balaban J connectivity index is 3.06. The summed E-state index contributed by atoms with van der Waals surface area (Å²) < 4.78 is 0. The van der Waals surface area contributed by atoms with Crippen LogP contribution in [0.4, 0.5) is 0 Å². The van der Waals surface area contributed by atoms with E-state index in [0.717, 1.165) is 12.8 Å². The van der Waals surface area contributed by atoms with E-state index in [1.807, 2.05) is 0 Å². The number of halogens is 1. The highest BCUT2D eigenvalue weighted by Gasteiger charge is 1.96. The van der Waals surface area contributed by atoms with Gasteiger partial charge in [0.05, 0.1) is 0 Å². The fourth-order valence-corrected chi connectivity index (χ4v) is 3.18. The molecule has 0 saturated carbocycles. The lowest BCUT2D eigenvalue weighted by molar-refractivity contribution is -0.111. The summed E-state index contributed by atoms with van der Waals surface area (Å²) in [4.78, 5) is 10.6. The van der Waals surface area contributed by atoms with Crippen LogP contribution < -0.4 is 0 Å². The summed E-state index contributed by atoms with van der Waals surface area (Å²) in [7, 11) is 0. The Morgan fingerprint density at radius 3 is 1.42 bits per heavy atom. The van der Waals surface area contributed by atoms with Gasteiger partial charge in [0.2, 0.25) is 5.24 Å². The lowest BCUT2D eigenvalue weighted by Crippen LogP contribution is -1.86. The van der Waals surface area contributed by atoms with Gasteiger partial charge in [-0.25, -0.2) is 0 Å². The smallest absolute Gasteiger partial charge is 0.221 e. The van der Waals surface area contributed by atoms with E-state index in [1.165, 1.54) is 96.3 Å². The van der Waals surface area contributed by atoms with E-state index in [9.17, 15) is 4.79 Å². The molecular formula is C22H41ClO. The van der Waals surface area contributed by atoms with Crippen molar-refractivity contribution in [2.75, 3.05) is 0 Å². The number of rotatable bonds is 19. The van der Waals surface area contributed by atoms with Crippen LogP contribution in [-0.2, 0) is 4.79 Å². The Morgan fingerprint density at radius 1 is 0.625 bits per heavy atom. The molecule has 0 saturated heterocycles. The van der Waals surface area contributed by atoms with Gasteiger partial charge in [0.1, 0.15) is 0 Å². The first-order valence-corrected chi connectivity index (χ1v) is 11.0. The molecule has 0 N–H and O–H groups in total. The molecule has 0 unspecified atom stereocenters. The molecule has 0 heterocycles. The number of allylic oxidation sites excluding steroid dienone is 2. The van der Waals surface area contributed by atoms with Gasteiger partial charge in [0, 0.05) is 6.42 Å². The lowest BCUT2D eigenvalue weighted by Gasteiger charge is -2.01. The molecular weight excluding hydrogens is 316 g/mol. The number of hydrogen-bond donors (Lipinski definition) is 0. The Morgan fingerprint density at radius 2 is 1.00 bits per heavy atom. The number of hydrogen-bond acceptors (Lipinski definition) is 1. The Kier molecular flexibility index (Phi) is 20.5. The molecule has 0 fully saturated rings. The molecule has 0 amide bonds. The first kappa shape index (κ1) is 23.7. The zero-order chi connectivity index (χ0) is 17.7. The summed E-state index contributed by atoms with van der Waals surface area (Å²) in [5, 5.41) is -0.184. The average Bonchev–Trinajstić information content (AvgIpc) is 2.56. The Hall–Kier alpha value is -0.300. The zero-order valence-electron chi connectivity index (χ0n) is 16.2. The van der Waals surface area contributed by atoms with Gasteiger partial charge in [0.15, 0.2) is 0 Å². The van der Waals surface area contributed by atoms with E-state index in [0.29, 0.717) is 6.42 Å². The molecule has 0 spiro atoms. The molecule has 0 aliphatic heterocycles. The van der Waals surface area contributed by atoms with Crippen molar-refractivity contribution in [3.05, 3.63) is 12.2 Å². The van der Waals surface area contributed by atoms with Crippen LogP contribution in [0.15, 0.2) is 12.2 Å². The third-order valence-electron chi connectivity index (χ3n) is 4.64. The second-order valence-electron chi connectivity index (χ2n) is 7.10. The molecule has 0 aromatic heterocycles. The van der Waals surface area contributed by atoms with Crippen LogP contribution in [0.3, 0.4) is 0 Å². The van der Waals surface area contributed by atoms with Crippen LogP contribution in [0.2, 0.25) is 0 Å². The summed E-state index contributed by atoms with van der Waals surface area (Å²) in [6.07, 6.45) is 27.8. The first-order chi connectivity index (χ1) is 11.8. The number of carbonyl (C=O) groups excluding carboxylic acids is 1. The normalized spacial score (nSPS) is 11.4. The van der Waals surface area contributed by atoms with Crippen LogP contribution in [0.1, 0.15) is 122 Å². The molecule has 0 bridgehead atoms. The quantitative estimate of drug-likeness (QED) is 0.129. The standard InChI is InChI=1S/C22H41ClO/c1-2-3-4-5-6-7-8-9-10-11-12-13-14-15-16-17-18-19-20-21-22(23)24/h9-10H,2-8,11-21H2,1H3. The van der Waals surface area contributed by atoms with Gasteiger partial charge < -0.3 is 0 Å². The molecule has 0 aromatic carbocycles. The van der Waals surface area contributed by atoms with Crippen molar-refractivity contribution in [1.29, 1.82) is 0 Å². The van der Waals surface area contributed by atoms with E-state index < -0.39 is 0 Å². The fourth-order valence-electron chi connectivity index (χ4n) is 3.04. The lowest BCUT2D eigenvalue weighted by atomic mass is 10.1. The Bertz CT molecular complexity index is 286. The van der Waals surface area contributed by atoms with Crippen molar-refractivity contribution in [3.63, 3.8) is 0 Å². The maximum Gasteiger partial charge on any atom is 0.221 e. The van der Waals surface area contributed by atoms with Gasteiger partial charge in [-0.15, -0.1) is 0 Å². The van der Waals surface area contributed by atoms with Crippen LogP contribution in [0.25, 0.3) is 0 Å². The van der Waals surface area contributed by atoms with Gasteiger partial charge >= 0.3 is 0 Å². The highest BCUT2D eigenvalue weighted by atomic mass is 35.5. The second-order valence-corrected chi connectivity index (χ2v) is 7.53. The summed E-state index contributed by atoms with van der Waals surface area (Å²) in [5.74, 6) is 0. The molecule has 0 rings (SSSR count). The zero-order valence-corrected chi connectivity index (χ0v) is 16.9. The molecule has 2 heteroatoms. The highest BCUT2D eigenvalue weighted by molar-refractivity contribution is 6.63. The van der Waals surface area contributed by atoms with Gasteiger partial charge in [-0.05, 0) is 43.7 Å². The minimum absolute atomic E-state index is 0.184. The molecule has 0 aliphatic rings. The van der Waals surface area contributed by atoms with Crippen molar-refractivity contribution in [2.24, 2.45) is 0 Å². The fraction of sp³-hybridized carbons (Fsp3) is 0.864. The number of unbranched alkanes of at least 4 members (excludes halogenated alkanes) is 15. The van der Waals surface area contributed by atoms with Crippen molar-refractivity contribution >= 4 is 16.8 Å². The predicted octanol–water partition coefficient (Wildman–Crippen LogP) is 8.35. The van der Waals surface area contributed by atoms with E-state index >= 15 is 0 Å². The van der Waals surface area contributed by atoms with E-state index in [2.05, 4.69) is 19.1 Å². The van der Waals surface area contributed by atoms with Gasteiger partial charge in [-0.3, -0.25) is 4.79 Å². The molecule has 0 aromatic rings. The highest BCUT2D eigenvalue weighted by Crippen LogP contribution is 2.12. The van der Waals surface area contributed by atoms with Crippen molar-refractivity contribution < 1.29 is 4.79 Å². The van der Waals surface area contributed by atoms with Crippen LogP contribution in [0, 0.1) is 0 Å². The van der Waals surface area contributed by atoms with Crippen LogP contribution in [-0.4, -0.2) is 5.24 Å². The minimum atomic E-state index is -0.184. The monoisotopic (exact) mass is 356 g/mol. The van der Waals surface area contributed by atoms with Crippen LogP contribution >= 0.6 is 11.6 Å². The maximum absolute atomic E-state index is 10.6. The van der Waals surface area contributed by atoms with Crippen molar-refractivity contribution in [2.45, 2.75) is 122 Å². The molecule has 24 heavy (non-hydrogen) atoms. The summed E-state index contributed by atoms with van der Waals surface area (Å²) in [6.45, 7) is 2.28. The van der Waals surface area contributed by atoms with Gasteiger partial charge in [0.25, 0.3) is 0 Å². The van der Waals surface area contributed by atoms with E-state index in [-0.39, 0.29) is 5.24 Å². The molecule has 0 radical (unpaired) electrons. The molecule has 0 aliphatic carbocycles. The topological polar surface area (TPSA) is 17.1 Å². The van der Waals surface area contributed by atoms with Crippen molar-refractivity contribution in [1.82, 2.24) is 0 Å². The average molecular weight is 357 g/mol. The third kappa shape index (κ3) is 21.7. The third-order valence-corrected chi connectivity index (χ3v) is 4.82. The van der Waals surface area contributed by atoms with E-state index in [4.69, 9.17) is 11.6 Å². The molecule has 1 nitrogen and oxygen atoms in total. The largest absolute Gasteiger partial charge is 0.281 e. The molecule has 142 valence electrons. The predicted molar refractivity (Wildman–Crippen MR) is 109 cm³/mol. The van der Waals surface area contributed by atoms with Gasteiger partial charge in [-0.1, -0.05) is 96.1 Å². The summed E-state index contributed by atoms with van der Waals surface area (Å²) >= 11 is 5.32. The maximum atomic E-state index is 10.6. The van der Waals surface area contributed by atoms with E-state index in [1.54, 1.807) is 0 Å². The first-order valence-electron chi connectivity index (χ1n) is 10.6. The van der Waals surface area contributed by atoms with Crippen molar-refractivity contribution in [3.8, 4) is 0 Å². The summed E-state index contributed by atoms with van der Waals surface area (Å²) in [5.41, 5.74) is 0.